The van der Waals surface area contributed by atoms with Gasteiger partial charge in [0.1, 0.15) is 0 Å². The monoisotopic (exact) mass is 202 g/mol. The summed E-state index contributed by atoms with van der Waals surface area (Å²) in [5.41, 5.74) is 1.10. The lowest BCUT2D eigenvalue weighted by Crippen LogP contribution is -2.24. The van der Waals surface area contributed by atoms with Crippen molar-refractivity contribution in [3.63, 3.8) is 0 Å². The fraction of sp³-hybridized carbons (Fsp3) is 0.444. The van der Waals surface area contributed by atoms with Crippen LogP contribution in [0.15, 0.2) is 18.3 Å². The zero-order valence-electron chi connectivity index (χ0n) is 7.82. The fourth-order valence-corrected chi connectivity index (χ4v) is 1.10. The van der Waals surface area contributed by atoms with E-state index in [-0.39, 0.29) is 13.2 Å². The smallest absolute Gasteiger partial charge is 0.255 e. The molecule has 1 aromatic rings. The predicted molar refractivity (Wildman–Crippen MR) is 49.4 cm³/mol. The van der Waals surface area contributed by atoms with E-state index in [1.807, 2.05) is 0 Å². The van der Waals surface area contributed by atoms with Gasteiger partial charge in [-0.25, -0.2) is 8.78 Å². The Morgan fingerprint density at radius 2 is 2.29 bits per heavy atom. The molecule has 0 aliphatic rings. The normalized spacial score (nSPS) is 10.6. The number of aromatic nitrogens is 1. The summed E-state index contributed by atoms with van der Waals surface area (Å²) in [6.07, 6.45) is -0.881. The van der Waals surface area contributed by atoms with E-state index in [0.29, 0.717) is 11.4 Å². The van der Waals surface area contributed by atoms with Crippen LogP contribution in [-0.2, 0) is 6.61 Å². The van der Waals surface area contributed by atoms with E-state index in [9.17, 15) is 8.78 Å². The van der Waals surface area contributed by atoms with Gasteiger partial charge in [-0.05, 0) is 12.1 Å². The van der Waals surface area contributed by atoms with Gasteiger partial charge in [0.2, 0.25) is 0 Å². The molecule has 1 aromatic heterocycles. The standard InChI is InChI=1S/C9H12F2N2O/c1-13(5-9(10)11)8-2-3-12-7(4-8)6-14/h2-4,9,14H,5-6H2,1H3. The summed E-state index contributed by atoms with van der Waals surface area (Å²) in [4.78, 5) is 5.28. The van der Waals surface area contributed by atoms with Crippen LogP contribution in [-0.4, -0.2) is 30.1 Å². The van der Waals surface area contributed by atoms with Crippen molar-refractivity contribution in [2.24, 2.45) is 0 Å². The Balaban J connectivity index is 2.73. The first-order valence-electron chi connectivity index (χ1n) is 4.18. The number of pyridine rings is 1. The lowest BCUT2D eigenvalue weighted by molar-refractivity contribution is 0.156. The molecular formula is C9H12F2N2O. The molecular weight excluding hydrogens is 190 g/mol. The third-order valence-corrected chi connectivity index (χ3v) is 1.81. The SMILES string of the molecule is CN(CC(F)F)c1ccnc(CO)c1. The Morgan fingerprint density at radius 1 is 1.57 bits per heavy atom. The minimum atomic E-state index is -2.37. The Hall–Kier alpha value is -1.23. The number of alkyl halides is 2. The Kier molecular flexibility index (Phi) is 3.76. The molecule has 0 unspecified atom stereocenters. The highest BCUT2D eigenvalue weighted by molar-refractivity contribution is 5.45. The van der Waals surface area contributed by atoms with Crippen LogP contribution >= 0.6 is 0 Å². The first-order chi connectivity index (χ1) is 6.63. The van der Waals surface area contributed by atoms with E-state index < -0.39 is 6.43 Å². The molecule has 0 aliphatic carbocycles. The average Bonchev–Trinajstić information content (AvgIpc) is 2.17. The molecule has 0 atom stereocenters. The molecule has 5 heteroatoms. The number of hydrogen-bond acceptors (Lipinski definition) is 3. The van der Waals surface area contributed by atoms with E-state index in [2.05, 4.69) is 4.98 Å². The van der Waals surface area contributed by atoms with Gasteiger partial charge in [0.25, 0.3) is 6.43 Å². The van der Waals surface area contributed by atoms with Gasteiger partial charge >= 0.3 is 0 Å². The summed E-state index contributed by atoms with van der Waals surface area (Å²) in [5.74, 6) is 0. The van der Waals surface area contributed by atoms with E-state index in [0.717, 1.165) is 0 Å². The molecule has 0 radical (unpaired) electrons. The summed E-state index contributed by atoms with van der Waals surface area (Å²) in [7, 11) is 1.57. The van der Waals surface area contributed by atoms with Crippen LogP contribution in [0, 0.1) is 0 Å². The Morgan fingerprint density at radius 3 is 2.86 bits per heavy atom. The summed E-state index contributed by atoms with van der Waals surface area (Å²) in [6, 6.07) is 3.21. The topological polar surface area (TPSA) is 36.4 Å². The third kappa shape index (κ3) is 2.92. The number of aliphatic hydroxyl groups excluding tert-OH is 1. The first-order valence-corrected chi connectivity index (χ1v) is 4.18. The van der Waals surface area contributed by atoms with Gasteiger partial charge in [0.05, 0.1) is 18.8 Å². The Bertz CT molecular complexity index is 294. The molecule has 1 rings (SSSR count). The van der Waals surface area contributed by atoms with Gasteiger partial charge in [-0.3, -0.25) is 4.98 Å². The molecule has 0 aliphatic heterocycles. The van der Waals surface area contributed by atoms with Gasteiger partial charge in [-0.2, -0.15) is 0 Å². The number of anilines is 1. The Labute approximate surface area is 81.0 Å². The van der Waals surface area contributed by atoms with Crippen molar-refractivity contribution in [1.29, 1.82) is 0 Å². The molecule has 0 saturated carbocycles. The molecule has 0 saturated heterocycles. The summed E-state index contributed by atoms with van der Waals surface area (Å²) in [6.45, 7) is -0.509. The van der Waals surface area contributed by atoms with Crippen LogP contribution in [0.5, 0.6) is 0 Å². The van der Waals surface area contributed by atoms with Crippen LogP contribution in [0.4, 0.5) is 14.5 Å². The average molecular weight is 202 g/mol. The molecule has 0 bridgehead atoms. The van der Waals surface area contributed by atoms with Gasteiger partial charge in [0, 0.05) is 18.9 Å². The zero-order valence-corrected chi connectivity index (χ0v) is 7.82. The van der Waals surface area contributed by atoms with Gasteiger partial charge < -0.3 is 10.0 Å². The maximum atomic E-state index is 12.0. The summed E-state index contributed by atoms with van der Waals surface area (Å²) in [5, 5.41) is 8.80. The minimum absolute atomic E-state index is 0.184. The zero-order chi connectivity index (χ0) is 10.6. The van der Waals surface area contributed by atoms with Crippen LogP contribution in [0.2, 0.25) is 0 Å². The number of aliphatic hydroxyl groups is 1. The van der Waals surface area contributed by atoms with Crippen molar-refractivity contribution in [1.82, 2.24) is 4.98 Å². The maximum Gasteiger partial charge on any atom is 0.255 e. The summed E-state index contributed by atoms with van der Waals surface area (Å²) >= 11 is 0. The highest BCUT2D eigenvalue weighted by atomic mass is 19.3. The first kappa shape index (κ1) is 10.8. The molecule has 1 N–H and O–H groups in total. The molecule has 0 amide bonds. The van der Waals surface area contributed by atoms with Crippen molar-refractivity contribution in [3.8, 4) is 0 Å². The number of rotatable bonds is 4. The van der Waals surface area contributed by atoms with Crippen LogP contribution in [0.3, 0.4) is 0 Å². The third-order valence-electron chi connectivity index (χ3n) is 1.81. The molecule has 1 heterocycles. The lowest BCUT2D eigenvalue weighted by Gasteiger charge is -2.18. The molecule has 0 spiro atoms. The van der Waals surface area contributed by atoms with Gasteiger partial charge in [-0.1, -0.05) is 0 Å². The van der Waals surface area contributed by atoms with Crippen molar-refractivity contribution in [3.05, 3.63) is 24.0 Å². The van der Waals surface area contributed by atoms with E-state index in [1.165, 1.54) is 11.1 Å². The van der Waals surface area contributed by atoms with Gasteiger partial charge in [0.15, 0.2) is 0 Å². The predicted octanol–water partition coefficient (Wildman–Crippen LogP) is 1.28. The van der Waals surface area contributed by atoms with Gasteiger partial charge in [-0.15, -0.1) is 0 Å². The maximum absolute atomic E-state index is 12.0. The van der Waals surface area contributed by atoms with E-state index >= 15 is 0 Å². The van der Waals surface area contributed by atoms with Crippen molar-refractivity contribution in [2.45, 2.75) is 13.0 Å². The fourth-order valence-electron chi connectivity index (χ4n) is 1.10. The summed E-state index contributed by atoms with van der Waals surface area (Å²) < 4.78 is 24.1. The second-order valence-electron chi connectivity index (χ2n) is 2.94. The van der Waals surface area contributed by atoms with E-state index in [1.54, 1.807) is 19.2 Å². The molecule has 3 nitrogen and oxygen atoms in total. The molecule has 0 fully saturated rings. The van der Waals surface area contributed by atoms with Crippen LogP contribution in [0.1, 0.15) is 5.69 Å². The van der Waals surface area contributed by atoms with Crippen molar-refractivity contribution in [2.75, 3.05) is 18.5 Å². The lowest BCUT2D eigenvalue weighted by atomic mass is 10.3. The van der Waals surface area contributed by atoms with Crippen molar-refractivity contribution < 1.29 is 13.9 Å². The quantitative estimate of drug-likeness (QED) is 0.798. The minimum Gasteiger partial charge on any atom is -0.390 e. The molecule has 14 heavy (non-hydrogen) atoms. The number of halogens is 2. The highest BCUT2D eigenvalue weighted by Crippen LogP contribution is 2.13. The number of hydrogen-bond donors (Lipinski definition) is 1. The largest absolute Gasteiger partial charge is 0.390 e. The van der Waals surface area contributed by atoms with Crippen molar-refractivity contribution >= 4 is 5.69 Å². The number of nitrogens with zero attached hydrogens (tertiary/aromatic N) is 2. The van der Waals surface area contributed by atoms with E-state index in [4.69, 9.17) is 5.11 Å². The molecule has 78 valence electrons. The second kappa shape index (κ2) is 4.85. The highest BCUT2D eigenvalue weighted by Gasteiger charge is 2.08. The molecule has 0 aromatic carbocycles. The second-order valence-corrected chi connectivity index (χ2v) is 2.94. The van der Waals surface area contributed by atoms with Crippen LogP contribution < -0.4 is 4.90 Å². The van der Waals surface area contributed by atoms with Crippen LogP contribution in [0.25, 0.3) is 0 Å².